The molecule has 0 aliphatic rings. The van der Waals surface area contributed by atoms with Gasteiger partial charge in [-0.25, -0.2) is 0 Å². The first kappa shape index (κ1) is 8.43. The molecule has 0 spiro atoms. The molecule has 0 aromatic heterocycles. The largest absolute Gasteiger partial charge is 0.0636 e. The van der Waals surface area contributed by atoms with Gasteiger partial charge in [0.1, 0.15) is 0 Å². The third kappa shape index (κ3) is 2.13. The van der Waals surface area contributed by atoms with E-state index in [2.05, 4.69) is 34.1 Å². The lowest BCUT2D eigenvalue weighted by Gasteiger charge is -2.19. The minimum Gasteiger partial charge on any atom is -0.0311 e. The Hall–Kier alpha value is 0.430. The molecule has 0 atom stereocenters. The molecule has 0 amide bonds. The SMILES string of the molecule is CC[P+](C)(C)C(C)C. The van der Waals surface area contributed by atoms with Crippen molar-refractivity contribution in [2.45, 2.75) is 26.4 Å². The van der Waals surface area contributed by atoms with Gasteiger partial charge in [-0.2, -0.15) is 0 Å². The van der Waals surface area contributed by atoms with Crippen LogP contribution in [0.2, 0.25) is 0 Å². The van der Waals surface area contributed by atoms with Gasteiger partial charge in [0.25, 0.3) is 0 Å². The average Bonchev–Trinajstić information content (AvgIpc) is 1.67. The second kappa shape index (κ2) is 2.82. The molecular formula is C7H18P+. The van der Waals surface area contributed by atoms with Crippen molar-refractivity contribution in [3.05, 3.63) is 0 Å². The standard InChI is InChI=1S/C7H18P/c1-6-8(4,5)7(2)3/h7H,6H2,1-5H3/q+1. The third-order valence-corrected chi connectivity index (χ3v) is 6.64. The van der Waals surface area contributed by atoms with Gasteiger partial charge < -0.3 is 0 Å². The van der Waals surface area contributed by atoms with E-state index in [-0.39, 0.29) is 0 Å². The van der Waals surface area contributed by atoms with Gasteiger partial charge in [0.05, 0.1) is 11.8 Å². The van der Waals surface area contributed by atoms with E-state index in [1.54, 1.807) is 0 Å². The highest BCUT2D eigenvalue weighted by Gasteiger charge is 2.25. The Morgan fingerprint density at radius 1 is 1.25 bits per heavy atom. The first-order valence-electron chi connectivity index (χ1n) is 3.33. The van der Waals surface area contributed by atoms with E-state index < -0.39 is 7.26 Å². The molecule has 0 saturated heterocycles. The average molecular weight is 133 g/mol. The van der Waals surface area contributed by atoms with Crippen LogP contribution in [0, 0.1) is 0 Å². The van der Waals surface area contributed by atoms with Crippen LogP contribution in [0.25, 0.3) is 0 Å². The Morgan fingerprint density at radius 3 is 1.62 bits per heavy atom. The molecule has 0 aromatic carbocycles. The summed E-state index contributed by atoms with van der Waals surface area (Å²) in [6.45, 7) is 11.8. The molecule has 0 rings (SSSR count). The third-order valence-electron chi connectivity index (χ3n) is 2.21. The zero-order chi connectivity index (χ0) is 6.78. The van der Waals surface area contributed by atoms with Crippen molar-refractivity contribution in [1.82, 2.24) is 0 Å². The minimum absolute atomic E-state index is 0.495. The summed E-state index contributed by atoms with van der Waals surface area (Å²) in [5.74, 6) is 0. The van der Waals surface area contributed by atoms with Crippen LogP contribution in [-0.4, -0.2) is 25.2 Å². The van der Waals surface area contributed by atoms with Gasteiger partial charge in [0.2, 0.25) is 0 Å². The first-order chi connectivity index (χ1) is 3.50. The molecule has 0 radical (unpaired) electrons. The van der Waals surface area contributed by atoms with Gasteiger partial charge in [-0.15, -0.1) is 0 Å². The second-order valence-corrected chi connectivity index (χ2v) is 8.41. The number of hydrogen-bond donors (Lipinski definition) is 0. The van der Waals surface area contributed by atoms with E-state index in [1.807, 2.05) is 0 Å². The molecule has 0 heterocycles. The fourth-order valence-electron chi connectivity index (χ4n) is 0.365. The molecule has 0 aromatic rings. The van der Waals surface area contributed by atoms with Crippen LogP contribution in [-0.2, 0) is 0 Å². The van der Waals surface area contributed by atoms with E-state index in [0.717, 1.165) is 5.66 Å². The van der Waals surface area contributed by atoms with Gasteiger partial charge in [-0.1, -0.05) is 0 Å². The molecule has 1 heteroatoms. The van der Waals surface area contributed by atoms with Gasteiger partial charge >= 0.3 is 0 Å². The molecular weight excluding hydrogens is 115 g/mol. The van der Waals surface area contributed by atoms with Crippen LogP contribution in [0.5, 0.6) is 0 Å². The van der Waals surface area contributed by atoms with Crippen molar-refractivity contribution in [3.63, 3.8) is 0 Å². The molecule has 0 fully saturated rings. The highest BCUT2D eigenvalue weighted by Crippen LogP contribution is 2.54. The van der Waals surface area contributed by atoms with Crippen LogP contribution >= 0.6 is 7.26 Å². The van der Waals surface area contributed by atoms with Crippen molar-refractivity contribution in [2.75, 3.05) is 19.5 Å². The quantitative estimate of drug-likeness (QED) is 0.508. The van der Waals surface area contributed by atoms with E-state index in [1.165, 1.54) is 6.16 Å². The van der Waals surface area contributed by atoms with Crippen LogP contribution in [0.4, 0.5) is 0 Å². The molecule has 8 heavy (non-hydrogen) atoms. The smallest absolute Gasteiger partial charge is 0.0311 e. The van der Waals surface area contributed by atoms with Crippen LogP contribution in [0.1, 0.15) is 20.8 Å². The molecule has 0 saturated carbocycles. The van der Waals surface area contributed by atoms with Crippen molar-refractivity contribution in [3.8, 4) is 0 Å². The molecule has 0 aliphatic heterocycles. The van der Waals surface area contributed by atoms with Crippen molar-refractivity contribution >= 4 is 7.26 Å². The Bertz CT molecular complexity index is 64.8. The van der Waals surface area contributed by atoms with Crippen molar-refractivity contribution < 1.29 is 0 Å². The van der Waals surface area contributed by atoms with Crippen LogP contribution < -0.4 is 0 Å². The van der Waals surface area contributed by atoms with Gasteiger partial charge in [0, 0.05) is 20.6 Å². The lowest BCUT2D eigenvalue weighted by Crippen LogP contribution is -2.04. The van der Waals surface area contributed by atoms with Crippen molar-refractivity contribution in [1.29, 1.82) is 0 Å². The summed E-state index contributed by atoms with van der Waals surface area (Å²) >= 11 is 0. The monoisotopic (exact) mass is 133 g/mol. The van der Waals surface area contributed by atoms with E-state index >= 15 is 0 Å². The summed E-state index contributed by atoms with van der Waals surface area (Å²) in [4.78, 5) is 0. The van der Waals surface area contributed by atoms with Gasteiger partial charge in [-0.05, 0) is 20.8 Å². The topological polar surface area (TPSA) is 0 Å². The lowest BCUT2D eigenvalue weighted by molar-refractivity contribution is 1.07. The maximum absolute atomic E-state index is 2.43. The maximum atomic E-state index is 2.43. The summed E-state index contributed by atoms with van der Waals surface area (Å²) in [6.07, 6.45) is 1.39. The fourth-order valence-corrected chi connectivity index (χ4v) is 1.10. The molecule has 0 unspecified atom stereocenters. The zero-order valence-electron chi connectivity index (χ0n) is 6.73. The predicted octanol–water partition coefficient (Wildman–Crippen LogP) is 2.69. The summed E-state index contributed by atoms with van der Waals surface area (Å²) in [6, 6.07) is 0. The molecule has 0 bridgehead atoms. The Morgan fingerprint density at radius 2 is 1.62 bits per heavy atom. The fraction of sp³-hybridized carbons (Fsp3) is 1.00. The Kier molecular flexibility index (Phi) is 2.98. The Balaban J connectivity index is 3.71. The van der Waals surface area contributed by atoms with Crippen molar-refractivity contribution in [2.24, 2.45) is 0 Å². The first-order valence-corrected chi connectivity index (χ1v) is 6.27. The summed E-state index contributed by atoms with van der Waals surface area (Å²) in [5.41, 5.74) is 0.924. The minimum atomic E-state index is -0.495. The normalized spacial score (nSPS) is 12.8. The van der Waals surface area contributed by atoms with Crippen LogP contribution in [0.3, 0.4) is 0 Å². The molecule has 0 nitrogen and oxygen atoms in total. The number of rotatable bonds is 2. The summed E-state index contributed by atoms with van der Waals surface area (Å²) in [7, 11) is -0.495. The van der Waals surface area contributed by atoms with E-state index in [9.17, 15) is 0 Å². The highest BCUT2D eigenvalue weighted by atomic mass is 31.2. The van der Waals surface area contributed by atoms with Gasteiger partial charge in [-0.3, -0.25) is 0 Å². The maximum Gasteiger partial charge on any atom is 0.0636 e. The van der Waals surface area contributed by atoms with Crippen LogP contribution in [0.15, 0.2) is 0 Å². The van der Waals surface area contributed by atoms with Gasteiger partial charge in [0.15, 0.2) is 0 Å². The molecule has 50 valence electrons. The lowest BCUT2D eigenvalue weighted by atomic mass is 10.6. The second-order valence-electron chi connectivity index (χ2n) is 3.19. The zero-order valence-corrected chi connectivity index (χ0v) is 7.63. The molecule has 0 N–H and O–H groups in total. The molecule has 0 aliphatic carbocycles. The van der Waals surface area contributed by atoms with E-state index in [0.29, 0.717) is 0 Å². The van der Waals surface area contributed by atoms with E-state index in [4.69, 9.17) is 0 Å². The highest BCUT2D eigenvalue weighted by molar-refractivity contribution is 7.75. The Labute approximate surface area is 54.0 Å². The predicted molar refractivity (Wildman–Crippen MR) is 44.4 cm³/mol. The summed E-state index contributed by atoms with van der Waals surface area (Å²) < 4.78 is 0. The summed E-state index contributed by atoms with van der Waals surface area (Å²) in [5, 5.41) is 0. The number of hydrogen-bond acceptors (Lipinski definition) is 0.